The highest BCUT2D eigenvalue weighted by Crippen LogP contribution is 2.37. The number of fused-ring (bicyclic) bond motifs is 2. The fourth-order valence-corrected chi connectivity index (χ4v) is 4.75. The minimum Gasteiger partial charge on any atom is -0.496 e. The summed E-state index contributed by atoms with van der Waals surface area (Å²) >= 11 is 0. The molecule has 37 heavy (non-hydrogen) atoms. The van der Waals surface area contributed by atoms with Crippen LogP contribution >= 0.6 is 0 Å². The molecule has 188 valence electrons. The van der Waals surface area contributed by atoms with Gasteiger partial charge in [0, 0.05) is 29.9 Å². The van der Waals surface area contributed by atoms with E-state index in [4.69, 9.17) is 14.5 Å². The molecule has 2 atom stereocenters. The van der Waals surface area contributed by atoms with Gasteiger partial charge < -0.3 is 14.8 Å². The van der Waals surface area contributed by atoms with Crippen LogP contribution in [-0.2, 0) is 9.53 Å². The predicted molar refractivity (Wildman–Crippen MR) is 145 cm³/mol. The first-order chi connectivity index (χ1) is 18.0. The molecule has 1 aliphatic carbocycles. The van der Waals surface area contributed by atoms with Gasteiger partial charge in [-0.1, -0.05) is 43.0 Å². The second kappa shape index (κ2) is 10.4. The zero-order chi connectivity index (χ0) is 25.9. The molecule has 1 saturated heterocycles. The molecule has 1 aliphatic heterocycles. The Morgan fingerprint density at radius 3 is 2.51 bits per heavy atom. The van der Waals surface area contributed by atoms with Gasteiger partial charge >= 0.3 is 0 Å². The van der Waals surface area contributed by atoms with E-state index in [2.05, 4.69) is 11.9 Å². The molecule has 2 unspecified atom stereocenters. The number of carbonyl (C=O) groups excluding carboxylic acids is 1. The number of benzene rings is 2. The summed E-state index contributed by atoms with van der Waals surface area (Å²) in [6.07, 6.45) is 7.20. The number of anilines is 1. The first-order valence-electron chi connectivity index (χ1n) is 12.3. The largest absolute Gasteiger partial charge is 0.496 e. The fourth-order valence-electron chi connectivity index (χ4n) is 4.75. The lowest BCUT2D eigenvalue weighted by Gasteiger charge is -2.16. The first kappa shape index (κ1) is 24.5. The smallest absolute Gasteiger partial charge is 0.266 e. The van der Waals surface area contributed by atoms with Crippen LogP contribution in [0.15, 0.2) is 84.3 Å². The van der Waals surface area contributed by atoms with Crippen LogP contribution in [0.25, 0.3) is 22.3 Å². The summed E-state index contributed by atoms with van der Waals surface area (Å²) in [5, 5.41) is 2.76. The average Bonchev–Trinajstić information content (AvgIpc) is 3.52. The Hall–Kier alpha value is -4.23. The zero-order valence-electron chi connectivity index (χ0n) is 20.9. The number of hydrogen-bond donors (Lipinski definition) is 1. The standard InChI is InChI=1S/C25H21N3O3.C5H8O/c1-16(20-11-4-5-12-21(20)31-3)24-23(18-9-8-10-19(15-18)26-17(2)29)25(30)28-14-7-6-13-22(28)27-24;1-2-4-5(3-1)6-4/h4-15H,1H2,2-3H3,(H,26,29);4-5H,1-3H2. The lowest BCUT2D eigenvalue weighted by Crippen LogP contribution is -2.20. The molecule has 0 radical (unpaired) electrons. The van der Waals surface area contributed by atoms with Gasteiger partial charge in [-0.25, -0.2) is 4.98 Å². The summed E-state index contributed by atoms with van der Waals surface area (Å²) in [5.41, 5.74) is 3.69. The third-order valence-electron chi connectivity index (χ3n) is 6.59. The van der Waals surface area contributed by atoms with E-state index in [0.29, 0.717) is 51.7 Å². The lowest BCUT2D eigenvalue weighted by molar-refractivity contribution is -0.114. The Morgan fingerprint density at radius 2 is 1.84 bits per heavy atom. The van der Waals surface area contributed by atoms with Crippen molar-refractivity contribution in [1.82, 2.24) is 9.38 Å². The van der Waals surface area contributed by atoms with Gasteiger partial charge in [0.2, 0.25) is 5.91 Å². The van der Waals surface area contributed by atoms with Crippen molar-refractivity contribution in [3.8, 4) is 16.9 Å². The maximum atomic E-state index is 13.5. The van der Waals surface area contributed by atoms with Gasteiger partial charge in [-0.15, -0.1) is 0 Å². The van der Waals surface area contributed by atoms with Crippen molar-refractivity contribution in [3.63, 3.8) is 0 Å². The number of pyridine rings is 1. The van der Waals surface area contributed by atoms with Crippen molar-refractivity contribution in [3.05, 3.63) is 101 Å². The second-order valence-electron chi connectivity index (χ2n) is 9.15. The highest BCUT2D eigenvalue weighted by atomic mass is 16.6. The minimum absolute atomic E-state index is 0.191. The quantitative estimate of drug-likeness (QED) is 0.379. The molecular weight excluding hydrogens is 466 g/mol. The molecular formula is C30H29N3O4. The molecule has 2 fully saturated rings. The topological polar surface area (TPSA) is 85.2 Å². The molecule has 2 aliphatic rings. The molecule has 2 aromatic heterocycles. The van der Waals surface area contributed by atoms with Crippen molar-refractivity contribution in [2.75, 3.05) is 12.4 Å². The molecule has 2 aromatic carbocycles. The molecule has 0 spiro atoms. The number of ether oxygens (including phenoxy) is 2. The third kappa shape index (κ3) is 5.17. The summed E-state index contributed by atoms with van der Waals surface area (Å²) in [7, 11) is 1.59. The number of rotatable bonds is 5. The van der Waals surface area contributed by atoms with Crippen molar-refractivity contribution >= 4 is 22.8 Å². The van der Waals surface area contributed by atoms with Gasteiger partial charge in [0.15, 0.2) is 0 Å². The highest BCUT2D eigenvalue weighted by molar-refractivity contribution is 5.91. The summed E-state index contributed by atoms with van der Waals surface area (Å²) < 4.78 is 12.1. The van der Waals surface area contributed by atoms with Gasteiger partial charge in [0.05, 0.1) is 30.6 Å². The van der Waals surface area contributed by atoms with Crippen molar-refractivity contribution in [1.29, 1.82) is 0 Å². The monoisotopic (exact) mass is 495 g/mol. The summed E-state index contributed by atoms with van der Waals surface area (Å²) in [6.45, 7) is 5.69. The molecule has 1 saturated carbocycles. The van der Waals surface area contributed by atoms with E-state index in [1.165, 1.54) is 30.6 Å². The van der Waals surface area contributed by atoms with Crippen LogP contribution in [0.2, 0.25) is 0 Å². The molecule has 1 N–H and O–H groups in total. The van der Waals surface area contributed by atoms with Gasteiger partial charge in [-0.3, -0.25) is 14.0 Å². The van der Waals surface area contributed by atoms with Gasteiger partial charge in [0.1, 0.15) is 11.4 Å². The normalized spacial score (nSPS) is 17.4. The summed E-state index contributed by atoms with van der Waals surface area (Å²) in [5.74, 6) is 0.449. The molecule has 7 nitrogen and oxygen atoms in total. The summed E-state index contributed by atoms with van der Waals surface area (Å²) in [6, 6.07) is 20.0. The number of hydrogen-bond acceptors (Lipinski definition) is 5. The fraction of sp³-hybridized carbons (Fsp3) is 0.233. The first-order valence-corrected chi connectivity index (χ1v) is 12.3. The van der Waals surface area contributed by atoms with Gasteiger partial charge in [-0.2, -0.15) is 0 Å². The lowest BCUT2D eigenvalue weighted by atomic mass is 9.96. The maximum Gasteiger partial charge on any atom is 0.266 e. The number of epoxide rings is 1. The Morgan fingerprint density at radius 1 is 1.08 bits per heavy atom. The SMILES string of the molecule is C1CC2OC2C1.C=C(c1ccccc1OC)c1nc2ccccn2c(=O)c1-c1cccc(NC(C)=O)c1. The number of carbonyl (C=O) groups is 1. The van der Waals surface area contributed by atoms with Crippen LogP contribution < -0.4 is 15.6 Å². The Labute approximate surface area is 215 Å². The highest BCUT2D eigenvalue weighted by Gasteiger charge is 2.42. The number of para-hydroxylation sites is 1. The van der Waals surface area contributed by atoms with E-state index in [1.54, 1.807) is 43.6 Å². The van der Waals surface area contributed by atoms with E-state index in [0.717, 1.165) is 5.56 Å². The van der Waals surface area contributed by atoms with Crippen LogP contribution in [0.3, 0.4) is 0 Å². The average molecular weight is 496 g/mol. The van der Waals surface area contributed by atoms with E-state index in [1.807, 2.05) is 36.4 Å². The Kier molecular flexibility index (Phi) is 6.88. The molecule has 3 heterocycles. The number of aromatic nitrogens is 2. The van der Waals surface area contributed by atoms with E-state index in [-0.39, 0.29) is 11.5 Å². The number of amides is 1. The Balaban J connectivity index is 0.000000403. The predicted octanol–water partition coefficient (Wildman–Crippen LogP) is 5.33. The number of methoxy groups -OCH3 is 1. The molecule has 6 rings (SSSR count). The molecule has 0 bridgehead atoms. The number of nitrogens with zero attached hydrogens (tertiary/aromatic N) is 2. The summed E-state index contributed by atoms with van der Waals surface area (Å²) in [4.78, 5) is 29.8. The van der Waals surface area contributed by atoms with Crippen molar-refractivity contribution < 1.29 is 14.3 Å². The van der Waals surface area contributed by atoms with E-state index in [9.17, 15) is 9.59 Å². The van der Waals surface area contributed by atoms with E-state index < -0.39 is 0 Å². The van der Waals surface area contributed by atoms with Crippen LogP contribution in [-0.4, -0.2) is 34.6 Å². The van der Waals surface area contributed by atoms with Crippen molar-refractivity contribution in [2.45, 2.75) is 38.4 Å². The number of nitrogens with one attached hydrogen (secondary N) is 1. The molecule has 7 heteroatoms. The van der Waals surface area contributed by atoms with Gasteiger partial charge in [-0.05, 0) is 55.2 Å². The zero-order valence-corrected chi connectivity index (χ0v) is 20.9. The molecule has 1 amide bonds. The molecule has 4 aromatic rings. The maximum absolute atomic E-state index is 13.5. The third-order valence-corrected chi connectivity index (χ3v) is 6.59. The second-order valence-corrected chi connectivity index (χ2v) is 9.15. The van der Waals surface area contributed by atoms with Crippen LogP contribution in [0, 0.1) is 0 Å². The van der Waals surface area contributed by atoms with Crippen LogP contribution in [0.1, 0.15) is 37.4 Å². The van der Waals surface area contributed by atoms with Crippen LogP contribution in [0.5, 0.6) is 5.75 Å². The van der Waals surface area contributed by atoms with E-state index >= 15 is 0 Å². The minimum atomic E-state index is -0.225. The van der Waals surface area contributed by atoms with Gasteiger partial charge in [0.25, 0.3) is 5.56 Å². The van der Waals surface area contributed by atoms with Crippen molar-refractivity contribution in [2.24, 2.45) is 0 Å². The van der Waals surface area contributed by atoms with Crippen LogP contribution in [0.4, 0.5) is 5.69 Å². The Bertz CT molecular complexity index is 1530.